The second kappa shape index (κ2) is 9.37. The van der Waals surface area contributed by atoms with Crippen molar-refractivity contribution in [2.24, 2.45) is 11.8 Å². The summed E-state index contributed by atoms with van der Waals surface area (Å²) in [4.78, 5) is 28.6. The normalized spacial score (nSPS) is 22.0. The van der Waals surface area contributed by atoms with Gasteiger partial charge in [-0.3, -0.25) is 9.59 Å². The number of ether oxygens (including phenoxy) is 2. The van der Waals surface area contributed by atoms with Crippen molar-refractivity contribution in [3.63, 3.8) is 0 Å². The van der Waals surface area contributed by atoms with Crippen LogP contribution < -0.4 is 10.1 Å². The van der Waals surface area contributed by atoms with E-state index in [-0.39, 0.29) is 30.8 Å². The van der Waals surface area contributed by atoms with Crippen LogP contribution in [0.4, 0.5) is 5.13 Å². The lowest BCUT2D eigenvalue weighted by atomic mass is 9.80. The lowest BCUT2D eigenvalue weighted by Crippen LogP contribution is -2.29. The van der Waals surface area contributed by atoms with Crippen molar-refractivity contribution in [1.29, 1.82) is 0 Å². The maximum atomic E-state index is 12.2. The number of aromatic nitrogens is 1. The number of esters is 1. The van der Waals surface area contributed by atoms with Gasteiger partial charge < -0.3 is 14.8 Å². The molecule has 0 spiro atoms. The van der Waals surface area contributed by atoms with Crippen molar-refractivity contribution >= 4 is 38.6 Å². The van der Waals surface area contributed by atoms with Gasteiger partial charge in [-0.1, -0.05) is 25.2 Å². The van der Waals surface area contributed by atoms with E-state index in [1.165, 1.54) is 11.3 Å². The number of carbonyl (C=O) groups is 2. The Morgan fingerprint density at radius 2 is 2.04 bits per heavy atom. The molecule has 1 aromatic heterocycles. The average molecular weight is 405 g/mol. The van der Waals surface area contributed by atoms with Crippen LogP contribution in [0.2, 0.25) is 0 Å². The average Bonchev–Trinajstić information content (AvgIpc) is 3.05. The van der Waals surface area contributed by atoms with Gasteiger partial charge in [0, 0.05) is 6.42 Å². The van der Waals surface area contributed by atoms with Gasteiger partial charge >= 0.3 is 5.97 Å². The molecule has 1 aliphatic rings. The Morgan fingerprint density at radius 3 is 2.79 bits per heavy atom. The zero-order valence-electron chi connectivity index (χ0n) is 16.7. The third-order valence-electron chi connectivity index (χ3n) is 5.32. The molecule has 3 unspecified atom stereocenters. The second-order valence-corrected chi connectivity index (χ2v) is 8.54. The van der Waals surface area contributed by atoms with Gasteiger partial charge in [-0.05, 0) is 56.2 Å². The quantitative estimate of drug-likeness (QED) is 0.672. The number of nitrogens with zero attached hydrogens (tertiary/aromatic N) is 1. The molecular formula is C21H28N2O4S. The maximum Gasteiger partial charge on any atom is 0.306 e. The number of hydrogen-bond acceptors (Lipinski definition) is 6. The van der Waals surface area contributed by atoms with Crippen LogP contribution >= 0.6 is 11.3 Å². The van der Waals surface area contributed by atoms with E-state index in [1.807, 2.05) is 25.1 Å². The summed E-state index contributed by atoms with van der Waals surface area (Å²) in [6.07, 6.45) is 3.09. The first kappa shape index (κ1) is 20.6. The maximum absolute atomic E-state index is 12.2. The first-order valence-corrected chi connectivity index (χ1v) is 10.8. The largest absolute Gasteiger partial charge is 0.494 e. The first-order valence-electron chi connectivity index (χ1n) is 9.97. The number of amides is 1. The molecule has 0 saturated heterocycles. The summed E-state index contributed by atoms with van der Waals surface area (Å²) in [5.41, 5.74) is 0.809. The predicted octanol–water partition coefficient (Wildman–Crippen LogP) is 4.78. The molecule has 6 nitrogen and oxygen atoms in total. The molecule has 2 aromatic rings. The fraction of sp³-hybridized carbons (Fsp3) is 0.571. The van der Waals surface area contributed by atoms with E-state index < -0.39 is 0 Å². The van der Waals surface area contributed by atoms with Gasteiger partial charge in [0.2, 0.25) is 5.91 Å². The molecule has 1 amide bonds. The summed E-state index contributed by atoms with van der Waals surface area (Å²) in [6.45, 7) is 6.98. The summed E-state index contributed by atoms with van der Waals surface area (Å²) in [5, 5.41) is 3.30. The zero-order valence-corrected chi connectivity index (χ0v) is 17.5. The lowest BCUT2D eigenvalue weighted by molar-refractivity contribution is -0.152. The number of fused-ring (bicyclic) bond motifs is 1. The molecule has 1 aromatic carbocycles. The standard InChI is InChI=1S/C21H28N2O4S/c1-4-26-15-7-8-17-18(12-15)28-21(22-17)23-19(24)9-10-20(25)27-16-6-5-13(2)14(3)11-16/h7-8,12-14,16H,4-6,9-11H2,1-3H3,(H,22,23,24). The molecule has 3 rings (SSSR count). The van der Waals surface area contributed by atoms with Crippen LogP contribution in [0.25, 0.3) is 10.2 Å². The number of thiazole rings is 1. The third kappa shape index (κ3) is 5.44. The van der Waals surface area contributed by atoms with E-state index >= 15 is 0 Å². The SMILES string of the molecule is CCOc1ccc2nc(NC(=O)CCC(=O)OC3CCC(C)C(C)C3)sc2c1. The van der Waals surface area contributed by atoms with Crippen LogP contribution in [0, 0.1) is 11.8 Å². The Morgan fingerprint density at radius 1 is 1.21 bits per heavy atom. The smallest absolute Gasteiger partial charge is 0.306 e. The van der Waals surface area contributed by atoms with E-state index in [2.05, 4.69) is 24.1 Å². The molecule has 0 radical (unpaired) electrons. The van der Waals surface area contributed by atoms with Crippen LogP contribution in [0.5, 0.6) is 5.75 Å². The monoisotopic (exact) mass is 404 g/mol. The van der Waals surface area contributed by atoms with Gasteiger partial charge in [0.25, 0.3) is 0 Å². The minimum atomic E-state index is -0.299. The van der Waals surface area contributed by atoms with Gasteiger partial charge in [-0.25, -0.2) is 4.98 Å². The van der Waals surface area contributed by atoms with Crippen molar-refractivity contribution in [2.75, 3.05) is 11.9 Å². The third-order valence-corrected chi connectivity index (χ3v) is 6.26. The number of hydrogen-bond donors (Lipinski definition) is 1. The van der Waals surface area contributed by atoms with Crippen LogP contribution in [0.3, 0.4) is 0 Å². The summed E-state index contributed by atoms with van der Waals surface area (Å²) in [7, 11) is 0. The molecular weight excluding hydrogens is 376 g/mol. The van der Waals surface area contributed by atoms with Gasteiger partial charge in [-0.2, -0.15) is 0 Å². The predicted molar refractivity (Wildman–Crippen MR) is 111 cm³/mol. The van der Waals surface area contributed by atoms with Crippen LogP contribution in [-0.2, 0) is 14.3 Å². The van der Waals surface area contributed by atoms with Crippen molar-refractivity contribution in [1.82, 2.24) is 4.98 Å². The van der Waals surface area contributed by atoms with Crippen molar-refractivity contribution in [3.8, 4) is 5.75 Å². The Kier molecular flexibility index (Phi) is 6.88. The van der Waals surface area contributed by atoms with Crippen molar-refractivity contribution < 1.29 is 19.1 Å². The van der Waals surface area contributed by atoms with Crippen LogP contribution in [0.15, 0.2) is 18.2 Å². The zero-order chi connectivity index (χ0) is 20.1. The second-order valence-electron chi connectivity index (χ2n) is 7.51. The molecule has 1 N–H and O–H groups in total. The highest BCUT2D eigenvalue weighted by atomic mass is 32.1. The molecule has 1 heterocycles. The van der Waals surface area contributed by atoms with Crippen molar-refractivity contribution in [3.05, 3.63) is 18.2 Å². The lowest BCUT2D eigenvalue weighted by Gasteiger charge is -2.31. The number of nitrogens with one attached hydrogen (secondary N) is 1. The summed E-state index contributed by atoms with van der Waals surface area (Å²) >= 11 is 1.39. The minimum Gasteiger partial charge on any atom is -0.494 e. The highest BCUT2D eigenvalue weighted by Crippen LogP contribution is 2.31. The fourth-order valence-corrected chi connectivity index (χ4v) is 4.37. The van der Waals surface area contributed by atoms with Crippen LogP contribution in [-0.4, -0.2) is 29.6 Å². The summed E-state index contributed by atoms with van der Waals surface area (Å²) in [6, 6.07) is 5.64. The van der Waals surface area contributed by atoms with Crippen molar-refractivity contribution in [2.45, 2.75) is 59.0 Å². The summed E-state index contributed by atoms with van der Waals surface area (Å²) in [5.74, 6) is 1.50. The van der Waals surface area contributed by atoms with E-state index in [4.69, 9.17) is 9.47 Å². The number of benzene rings is 1. The van der Waals surface area contributed by atoms with Crippen LogP contribution in [0.1, 0.15) is 52.9 Å². The van der Waals surface area contributed by atoms with E-state index in [0.29, 0.717) is 23.6 Å². The molecule has 0 aliphatic heterocycles. The van der Waals surface area contributed by atoms with E-state index in [9.17, 15) is 9.59 Å². The molecule has 7 heteroatoms. The van der Waals surface area contributed by atoms with Gasteiger partial charge in [0.15, 0.2) is 5.13 Å². The number of rotatable bonds is 7. The Bertz CT molecular complexity index is 835. The molecule has 3 atom stereocenters. The van der Waals surface area contributed by atoms with E-state index in [1.54, 1.807) is 0 Å². The fourth-order valence-electron chi connectivity index (χ4n) is 3.46. The topological polar surface area (TPSA) is 77.5 Å². The Hall–Kier alpha value is -2.15. The highest BCUT2D eigenvalue weighted by molar-refractivity contribution is 7.22. The first-order chi connectivity index (χ1) is 13.4. The highest BCUT2D eigenvalue weighted by Gasteiger charge is 2.27. The molecule has 1 saturated carbocycles. The summed E-state index contributed by atoms with van der Waals surface area (Å²) < 4.78 is 12.0. The number of anilines is 1. The molecule has 0 bridgehead atoms. The minimum absolute atomic E-state index is 0.00874. The Balaban J connectivity index is 1.46. The Labute approximate surface area is 169 Å². The van der Waals surface area contributed by atoms with E-state index in [0.717, 1.165) is 35.2 Å². The molecule has 1 aliphatic carbocycles. The van der Waals surface area contributed by atoms with Gasteiger partial charge in [0.1, 0.15) is 11.9 Å². The molecule has 1 fully saturated rings. The molecule has 28 heavy (non-hydrogen) atoms. The van der Waals surface area contributed by atoms with Gasteiger partial charge in [0.05, 0.1) is 23.2 Å². The number of carbonyl (C=O) groups excluding carboxylic acids is 2. The van der Waals surface area contributed by atoms with Gasteiger partial charge in [-0.15, -0.1) is 0 Å². The molecule has 152 valence electrons.